The van der Waals surface area contributed by atoms with Crippen LogP contribution in [0.1, 0.15) is 34.1 Å². The van der Waals surface area contributed by atoms with E-state index in [2.05, 4.69) is 0 Å². The summed E-state index contributed by atoms with van der Waals surface area (Å²) >= 11 is 0. The lowest BCUT2D eigenvalue weighted by Gasteiger charge is -2.31. The lowest BCUT2D eigenvalue weighted by molar-refractivity contribution is -0.0484. The van der Waals surface area contributed by atoms with Gasteiger partial charge in [-0.05, 0) is 20.8 Å². The molecule has 0 saturated heterocycles. The minimum atomic E-state index is -5.41. The van der Waals surface area contributed by atoms with Crippen LogP contribution in [0.3, 0.4) is 0 Å². The Morgan fingerprint density at radius 2 is 1.55 bits per heavy atom. The van der Waals surface area contributed by atoms with Gasteiger partial charge in [0.2, 0.25) is 0 Å². The van der Waals surface area contributed by atoms with E-state index in [0.29, 0.717) is 6.42 Å². The van der Waals surface area contributed by atoms with Gasteiger partial charge in [-0.25, -0.2) is 8.42 Å². The summed E-state index contributed by atoms with van der Waals surface area (Å²) in [6.07, 6.45) is 0.547. The van der Waals surface area contributed by atoms with Crippen LogP contribution >= 0.6 is 0 Å². The highest BCUT2D eigenvalue weighted by Gasteiger charge is 2.53. The molecule has 0 aliphatic rings. The first-order chi connectivity index (χ1) is 9.06. The first-order valence-electron chi connectivity index (χ1n) is 6.32. The summed E-state index contributed by atoms with van der Waals surface area (Å²) < 4.78 is 75.9. The SMILES string of the molecule is CCC[Si](OCC)(OCC)OC(C)S(=O)(=O)C(F)(F)F. The molecule has 122 valence electrons. The zero-order chi connectivity index (χ0) is 16.0. The molecule has 0 fully saturated rings. The molecular weight excluding hydrogens is 317 g/mol. The van der Waals surface area contributed by atoms with E-state index >= 15 is 0 Å². The monoisotopic (exact) mass is 338 g/mol. The molecule has 10 heteroatoms. The van der Waals surface area contributed by atoms with Gasteiger partial charge in [-0.1, -0.05) is 13.3 Å². The summed E-state index contributed by atoms with van der Waals surface area (Å²) in [6.45, 7) is 6.26. The molecule has 0 saturated carbocycles. The van der Waals surface area contributed by atoms with Crippen LogP contribution in [-0.2, 0) is 23.1 Å². The second kappa shape index (κ2) is 7.73. The van der Waals surface area contributed by atoms with E-state index in [9.17, 15) is 21.6 Å². The Labute approximate surface area is 118 Å². The molecule has 20 heavy (non-hydrogen) atoms. The normalized spacial score (nSPS) is 15.3. The Kier molecular flexibility index (Phi) is 7.67. The Morgan fingerprint density at radius 1 is 1.10 bits per heavy atom. The number of sulfone groups is 1. The minimum absolute atomic E-state index is 0.172. The minimum Gasteiger partial charge on any atom is -0.374 e. The zero-order valence-corrected chi connectivity index (χ0v) is 13.8. The Bertz CT molecular complexity index is 368. The maximum atomic E-state index is 12.5. The van der Waals surface area contributed by atoms with Crippen molar-refractivity contribution in [3.05, 3.63) is 0 Å². The van der Waals surface area contributed by atoms with E-state index in [-0.39, 0.29) is 19.3 Å². The van der Waals surface area contributed by atoms with Gasteiger partial charge in [0, 0.05) is 19.3 Å². The maximum absolute atomic E-state index is 12.5. The van der Waals surface area contributed by atoms with Crippen molar-refractivity contribution in [2.24, 2.45) is 0 Å². The van der Waals surface area contributed by atoms with Crippen molar-refractivity contribution in [2.45, 2.75) is 51.1 Å². The Hall–Kier alpha value is -0.163. The number of halogens is 3. The summed E-state index contributed by atoms with van der Waals surface area (Å²) in [7, 11) is -8.84. The largest absolute Gasteiger partial charge is 0.501 e. The molecule has 0 aromatic rings. The van der Waals surface area contributed by atoms with Crippen LogP contribution in [0.25, 0.3) is 0 Å². The third-order valence-corrected chi connectivity index (χ3v) is 7.46. The average Bonchev–Trinajstić information content (AvgIpc) is 2.28. The van der Waals surface area contributed by atoms with Crippen molar-refractivity contribution in [2.75, 3.05) is 13.2 Å². The van der Waals surface area contributed by atoms with Crippen LogP contribution in [0.2, 0.25) is 6.04 Å². The molecular formula is C10H21F3O5SSi. The van der Waals surface area contributed by atoms with Gasteiger partial charge in [0.25, 0.3) is 9.84 Å². The number of rotatable bonds is 9. The van der Waals surface area contributed by atoms with Gasteiger partial charge in [0.1, 0.15) is 0 Å². The zero-order valence-electron chi connectivity index (χ0n) is 12.0. The van der Waals surface area contributed by atoms with E-state index in [1.165, 1.54) is 0 Å². The quantitative estimate of drug-likeness (QED) is 0.605. The molecule has 0 rings (SSSR count). The van der Waals surface area contributed by atoms with Crippen LogP contribution in [0.5, 0.6) is 0 Å². The Morgan fingerprint density at radius 3 is 1.85 bits per heavy atom. The molecule has 0 spiro atoms. The van der Waals surface area contributed by atoms with Gasteiger partial charge in [0.05, 0.1) is 0 Å². The molecule has 0 aliphatic carbocycles. The molecule has 1 unspecified atom stereocenters. The molecule has 5 nitrogen and oxygen atoms in total. The molecule has 0 bridgehead atoms. The van der Waals surface area contributed by atoms with E-state index in [0.717, 1.165) is 6.92 Å². The van der Waals surface area contributed by atoms with E-state index in [4.69, 9.17) is 13.3 Å². The fourth-order valence-corrected chi connectivity index (χ4v) is 5.51. The molecule has 0 heterocycles. The molecule has 0 aliphatic heterocycles. The van der Waals surface area contributed by atoms with Crippen molar-refractivity contribution in [1.29, 1.82) is 0 Å². The maximum Gasteiger partial charge on any atom is 0.501 e. The molecule has 0 aromatic carbocycles. The van der Waals surface area contributed by atoms with Crippen LogP contribution in [0.4, 0.5) is 13.2 Å². The van der Waals surface area contributed by atoms with Gasteiger partial charge in [-0.2, -0.15) is 13.2 Å². The number of hydrogen-bond acceptors (Lipinski definition) is 5. The van der Waals surface area contributed by atoms with E-state index < -0.39 is 29.6 Å². The number of hydrogen-bond donors (Lipinski definition) is 0. The van der Waals surface area contributed by atoms with Gasteiger partial charge in [-0.15, -0.1) is 0 Å². The van der Waals surface area contributed by atoms with Crippen LogP contribution in [0.15, 0.2) is 0 Å². The summed E-state index contributed by atoms with van der Waals surface area (Å²) in [6, 6.07) is 0.256. The lowest BCUT2D eigenvalue weighted by Crippen LogP contribution is -2.50. The smallest absolute Gasteiger partial charge is 0.374 e. The van der Waals surface area contributed by atoms with Crippen LogP contribution in [-0.4, -0.2) is 41.4 Å². The number of alkyl halides is 3. The van der Waals surface area contributed by atoms with Gasteiger partial charge < -0.3 is 13.3 Å². The van der Waals surface area contributed by atoms with Crippen molar-refractivity contribution in [3.8, 4) is 0 Å². The van der Waals surface area contributed by atoms with Gasteiger partial charge in [0.15, 0.2) is 5.44 Å². The molecule has 0 N–H and O–H groups in total. The predicted octanol–water partition coefficient (Wildman–Crippen LogP) is 2.71. The average molecular weight is 338 g/mol. The third kappa shape index (κ3) is 4.99. The van der Waals surface area contributed by atoms with Crippen molar-refractivity contribution in [1.82, 2.24) is 0 Å². The molecule has 1 atom stereocenters. The van der Waals surface area contributed by atoms with Gasteiger partial charge >= 0.3 is 14.3 Å². The molecule has 0 radical (unpaired) electrons. The third-order valence-electron chi connectivity index (χ3n) is 2.39. The second-order valence-electron chi connectivity index (χ2n) is 3.98. The summed E-state index contributed by atoms with van der Waals surface area (Å²) in [5.41, 5.74) is -7.42. The highest BCUT2D eigenvalue weighted by Crippen LogP contribution is 2.30. The molecule has 0 amide bonds. The van der Waals surface area contributed by atoms with E-state index in [1.54, 1.807) is 20.8 Å². The first kappa shape index (κ1) is 19.8. The van der Waals surface area contributed by atoms with E-state index in [1.807, 2.05) is 0 Å². The lowest BCUT2D eigenvalue weighted by atomic mass is 10.6. The van der Waals surface area contributed by atoms with Crippen LogP contribution in [0, 0.1) is 0 Å². The summed E-state index contributed by atoms with van der Waals surface area (Å²) in [5, 5.41) is 0. The van der Waals surface area contributed by atoms with Crippen molar-refractivity contribution >= 4 is 18.6 Å². The Balaban J connectivity index is 5.25. The van der Waals surface area contributed by atoms with Crippen LogP contribution < -0.4 is 0 Å². The fourth-order valence-electron chi connectivity index (χ4n) is 1.56. The fraction of sp³-hybridized carbons (Fsp3) is 1.00. The van der Waals surface area contributed by atoms with Crippen molar-refractivity contribution in [3.63, 3.8) is 0 Å². The standard InChI is InChI=1S/C10H21F3O5SSi/c1-5-8-20(16-6-2,17-7-3)18-9(4)19(14,15)10(11,12)13/h9H,5-8H2,1-4H3. The first-order valence-corrected chi connectivity index (χ1v) is 9.80. The summed E-state index contributed by atoms with van der Waals surface area (Å²) in [5.74, 6) is 0. The highest BCUT2D eigenvalue weighted by atomic mass is 32.2. The van der Waals surface area contributed by atoms with Gasteiger partial charge in [-0.3, -0.25) is 0 Å². The summed E-state index contributed by atoms with van der Waals surface area (Å²) in [4.78, 5) is 0. The highest BCUT2D eigenvalue weighted by molar-refractivity contribution is 7.92. The van der Waals surface area contributed by atoms with Crippen molar-refractivity contribution < 1.29 is 34.9 Å². The predicted molar refractivity (Wildman–Crippen MR) is 69.6 cm³/mol. The molecule has 0 aromatic heterocycles. The second-order valence-corrected chi connectivity index (χ2v) is 8.87. The topological polar surface area (TPSA) is 61.8 Å².